The molecular formula is C15H9F5NO2P. The quantitative estimate of drug-likeness (QED) is 0.624. The Bertz CT molecular complexity index is 885. The molecule has 24 heavy (non-hydrogen) atoms. The molecule has 1 unspecified atom stereocenters. The summed E-state index contributed by atoms with van der Waals surface area (Å²) in [6, 6.07) is 2.79. The standard InChI is InChI=1S/C15H9F5NO2P/c1-5-2-10(24)11(13(18)12(5)17)6-3-8-9(4-7(6)16)23-15(19,20)14(22)21-8/h2-4H,24H2,1H3,(H,21,22). The average Bonchev–Trinajstić information content (AvgIpc) is 2.47. The van der Waals surface area contributed by atoms with Crippen LogP contribution in [0.25, 0.3) is 11.1 Å². The van der Waals surface area contributed by atoms with Gasteiger partial charge in [0.05, 0.1) is 5.69 Å². The summed E-state index contributed by atoms with van der Waals surface area (Å²) in [4.78, 5) is 11.2. The molecule has 2 aromatic rings. The van der Waals surface area contributed by atoms with Crippen LogP contribution in [-0.4, -0.2) is 12.0 Å². The molecule has 0 aliphatic carbocycles. The molecule has 1 aliphatic rings. The molecule has 3 nitrogen and oxygen atoms in total. The fourth-order valence-corrected chi connectivity index (χ4v) is 2.89. The van der Waals surface area contributed by atoms with Crippen LogP contribution in [0.3, 0.4) is 0 Å². The van der Waals surface area contributed by atoms with Gasteiger partial charge in [0, 0.05) is 17.2 Å². The van der Waals surface area contributed by atoms with Crippen molar-refractivity contribution in [3.05, 3.63) is 41.2 Å². The Morgan fingerprint density at radius 3 is 2.46 bits per heavy atom. The Morgan fingerprint density at radius 2 is 1.79 bits per heavy atom. The number of anilines is 1. The zero-order valence-electron chi connectivity index (χ0n) is 12.0. The van der Waals surface area contributed by atoms with Crippen LogP contribution in [0.4, 0.5) is 27.6 Å². The third-order valence-corrected chi connectivity index (χ3v) is 3.96. The summed E-state index contributed by atoms with van der Waals surface area (Å²) >= 11 is 0. The SMILES string of the molecule is Cc1cc(P)c(-c2cc3c(cc2F)OC(F)(F)C(=O)N3)c(F)c1F. The van der Waals surface area contributed by atoms with Crippen LogP contribution in [0.2, 0.25) is 0 Å². The topological polar surface area (TPSA) is 38.3 Å². The van der Waals surface area contributed by atoms with E-state index in [1.54, 1.807) is 0 Å². The molecule has 9 heteroatoms. The van der Waals surface area contributed by atoms with E-state index in [1.807, 2.05) is 5.32 Å². The number of amides is 1. The zero-order chi connectivity index (χ0) is 17.8. The van der Waals surface area contributed by atoms with Gasteiger partial charge < -0.3 is 10.1 Å². The molecule has 0 spiro atoms. The molecule has 0 saturated carbocycles. The monoisotopic (exact) mass is 361 g/mol. The molecule has 126 valence electrons. The highest BCUT2D eigenvalue weighted by atomic mass is 31.0. The largest absolute Gasteiger partial charge is 0.482 e. The predicted octanol–water partition coefficient (Wildman–Crippen LogP) is 3.50. The van der Waals surface area contributed by atoms with E-state index in [1.165, 1.54) is 13.0 Å². The fraction of sp³-hybridized carbons (Fsp3) is 0.133. The third-order valence-electron chi connectivity index (χ3n) is 3.51. The van der Waals surface area contributed by atoms with Gasteiger partial charge in [-0.05, 0) is 29.9 Å². The highest BCUT2D eigenvalue weighted by Gasteiger charge is 2.46. The number of halogens is 5. The summed E-state index contributed by atoms with van der Waals surface area (Å²) in [7, 11) is 2.15. The Hall–Kier alpha value is -2.21. The molecule has 1 atom stereocenters. The lowest BCUT2D eigenvalue weighted by Gasteiger charge is -2.25. The van der Waals surface area contributed by atoms with Gasteiger partial charge in [0.2, 0.25) is 0 Å². The summed E-state index contributed by atoms with van der Waals surface area (Å²) in [6.07, 6.45) is -4.14. The minimum Gasteiger partial charge on any atom is -0.423 e. The van der Waals surface area contributed by atoms with Crippen LogP contribution < -0.4 is 15.4 Å². The van der Waals surface area contributed by atoms with Crippen LogP contribution in [0.15, 0.2) is 18.2 Å². The van der Waals surface area contributed by atoms with Crippen molar-refractivity contribution < 1.29 is 31.5 Å². The van der Waals surface area contributed by atoms with Gasteiger partial charge in [0.1, 0.15) is 5.82 Å². The van der Waals surface area contributed by atoms with Crippen molar-refractivity contribution in [2.45, 2.75) is 13.0 Å². The first kappa shape index (κ1) is 16.6. The lowest BCUT2D eigenvalue weighted by Crippen LogP contribution is -2.43. The molecule has 0 radical (unpaired) electrons. The molecule has 1 amide bonds. The summed E-state index contributed by atoms with van der Waals surface area (Å²) in [5, 5.41) is 2.01. The number of ether oxygens (including phenoxy) is 1. The van der Waals surface area contributed by atoms with Crippen molar-refractivity contribution in [3.8, 4) is 16.9 Å². The van der Waals surface area contributed by atoms with E-state index in [-0.39, 0.29) is 16.6 Å². The highest BCUT2D eigenvalue weighted by Crippen LogP contribution is 2.40. The summed E-state index contributed by atoms with van der Waals surface area (Å²) in [6.45, 7) is 1.34. The van der Waals surface area contributed by atoms with E-state index in [4.69, 9.17) is 0 Å². The van der Waals surface area contributed by atoms with Crippen molar-refractivity contribution in [2.75, 3.05) is 5.32 Å². The lowest BCUT2D eigenvalue weighted by molar-refractivity contribution is -0.189. The smallest absolute Gasteiger partial charge is 0.423 e. The number of fused-ring (bicyclic) bond motifs is 1. The molecular weight excluding hydrogens is 352 g/mol. The molecule has 1 N–H and O–H groups in total. The molecule has 1 aliphatic heterocycles. The van der Waals surface area contributed by atoms with Crippen LogP contribution in [0.5, 0.6) is 5.75 Å². The molecule has 3 rings (SSSR count). The second-order valence-corrected chi connectivity index (χ2v) is 5.81. The molecule has 1 heterocycles. The van der Waals surface area contributed by atoms with Crippen molar-refractivity contribution in [3.63, 3.8) is 0 Å². The van der Waals surface area contributed by atoms with Gasteiger partial charge in [0.25, 0.3) is 0 Å². The van der Waals surface area contributed by atoms with Gasteiger partial charge in [0.15, 0.2) is 17.4 Å². The predicted molar refractivity (Wildman–Crippen MR) is 80.0 cm³/mol. The van der Waals surface area contributed by atoms with Gasteiger partial charge in [-0.1, -0.05) is 0 Å². The maximum absolute atomic E-state index is 14.3. The van der Waals surface area contributed by atoms with Gasteiger partial charge >= 0.3 is 12.0 Å². The Kier molecular flexibility index (Phi) is 3.75. The number of carbonyl (C=O) groups is 1. The second-order valence-electron chi connectivity index (χ2n) is 5.19. The number of hydrogen-bond acceptors (Lipinski definition) is 2. The van der Waals surface area contributed by atoms with Gasteiger partial charge in [-0.15, -0.1) is 9.24 Å². The third kappa shape index (κ3) is 2.51. The first-order chi connectivity index (χ1) is 11.1. The summed E-state index contributed by atoms with van der Waals surface area (Å²) < 4.78 is 72.8. The van der Waals surface area contributed by atoms with E-state index in [0.29, 0.717) is 6.07 Å². The first-order valence-corrected chi connectivity index (χ1v) is 7.16. The number of rotatable bonds is 1. The van der Waals surface area contributed by atoms with E-state index >= 15 is 0 Å². The first-order valence-electron chi connectivity index (χ1n) is 6.58. The number of benzene rings is 2. The molecule has 0 bridgehead atoms. The molecule has 0 aromatic heterocycles. The minimum absolute atomic E-state index is 0.0240. The molecule has 0 fully saturated rings. The van der Waals surface area contributed by atoms with Crippen molar-refractivity contribution in [1.82, 2.24) is 0 Å². The molecule has 0 saturated heterocycles. The summed E-state index contributed by atoms with van der Waals surface area (Å²) in [5.74, 6) is -5.90. The van der Waals surface area contributed by atoms with E-state index in [0.717, 1.165) is 6.07 Å². The fourth-order valence-electron chi connectivity index (χ4n) is 2.36. The maximum atomic E-state index is 14.3. The minimum atomic E-state index is -4.14. The van der Waals surface area contributed by atoms with Crippen LogP contribution in [0.1, 0.15) is 5.56 Å². The Balaban J connectivity index is 2.21. The van der Waals surface area contributed by atoms with E-state index in [2.05, 4.69) is 14.0 Å². The van der Waals surface area contributed by atoms with Crippen molar-refractivity contribution in [2.24, 2.45) is 0 Å². The van der Waals surface area contributed by atoms with Crippen molar-refractivity contribution >= 4 is 26.1 Å². The summed E-state index contributed by atoms with van der Waals surface area (Å²) in [5.41, 5.74) is -1.04. The van der Waals surface area contributed by atoms with E-state index in [9.17, 15) is 26.7 Å². The van der Waals surface area contributed by atoms with Crippen LogP contribution in [0, 0.1) is 24.4 Å². The Labute approximate surface area is 135 Å². The Morgan fingerprint density at radius 1 is 1.12 bits per heavy atom. The number of hydrogen-bond donors (Lipinski definition) is 1. The lowest BCUT2D eigenvalue weighted by atomic mass is 10.0. The van der Waals surface area contributed by atoms with Crippen molar-refractivity contribution in [1.29, 1.82) is 0 Å². The highest BCUT2D eigenvalue weighted by molar-refractivity contribution is 7.28. The number of alkyl halides is 2. The van der Waals surface area contributed by atoms with Gasteiger partial charge in [-0.25, -0.2) is 13.2 Å². The number of nitrogens with one attached hydrogen (secondary N) is 1. The average molecular weight is 361 g/mol. The van der Waals surface area contributed by atoms with E-state index < -0.39 is 46.3 Å². The van der Waals surface area contributed by atoms with Gasteiger partial charge in [-0.3, -0.25) is 4.79 Å². The number of carbonyl (C=O) groups excluding carboxylic acids is 1. The van der Waals surface area contributed by atoms with Crippen LogP contribution in [-0.2, 0) is 4.79 Å². The maximum Gasteiger partial charge on any atom is 0.482 e. The second kappa shape index (κ2) is 5.41. The molecule has 2 aromatic carbocycles. The zero-order valence-corrected chi connectivity index (χ0v) is 13.2. The normalized spacial score (nSPS) is 15.5. The van der Waals surface area contributed by atoms with Gasteiger partial charge in [-0.2, -0.15) is 8.78 Å². The number of aryl methyl sites for hydroxylation is 1. The van der Waals surface area contributed by atoms with Crippen LogP contribution >= 0.6 is 9.24 Å².